The summed E-state index contributed by atoms with van der Waals surface area (Å²) in [6.07, 6.45) is 10.6. The molecule has 0 atom stereocenters. The predicted molar refractivity (Wildman–Crippen MR) is 209 cm³/mol. The molecule has 0 amide bonds. The first-order valence-electron chi connectivity index (χ1n) is 18.7. The number of aryl methyl sites for hydroxylation is 1. The Kier molecular flexibility index (Phi) is 13.5. The number of allylic oxidation sites excluding steroid dienone is 2. The van der Waals surface area contributed by atoms with Crippen molar-refractivity contribution in [2.45, 2.75) is 182 Å². The normalized spacial score (nSPS) is 24.4. The SMILES string of the molecule is CC(C)CB1OC(C)(C)C(C)(C)O1.CC1(C)CC=C(B2OC(C)(C)C(C)(C)O2)CC1.Cc1ccc(S(=O)(=O)NN=C2CCC(C)(C)CC2)cc1. The molecular formula is C39H68B2N2O6S. The zero-order chi connectivity index (χ0) is 38.0. The molecule has 1 aromatic carbocycles. The monoisotopic (exact) mass is 714 g/mol. The maximum atomic E-state index is 12.1. The summed E-state index contributed by atoms with van der Waals surface area (Å²) in [6.45, 7) is 32.2. The summed E-state index contributed by atoms with van der Waals surface area (Å²) in [6, 6.07) is 6.76. The van der Waals surface area contributed by atoms with E-state index < -0.39 is 10.0 Å². The Morgan fingerprint density at radius 1 is 0.720 bits per heavy atom. The van der Waals surface area contributed by atoms with Crippen molar-refractivity contribution in [3.63, 3.8) is 0 Å². The fourth-order valence-corrected chi connectivity index (χ4v) is 6.82. The highest BCUT2D eigenvalue weighted by Gasteiger charge is 2.53. The van der Waals surface area contributed by atoms with Crippen molar-refractivity contribution in [3.8, 4) is 0 Å². The third kappa shape index (κ3) is 11.7. The van der Waals surface area contributed by atoms with Crippen LogP contribution in [-0.4, -0.2) is 50.8 Å². The molecule has 0 bridgehead atoms. The van der Waals surface area contributed by atoms with E-state index in [1.165, 1.54) is 11.9 Å². The van der Waals surface area contributed by atoms with Gasteiger partial charge in [0, 0.05) is 5.71 Å². The summed E-state index contributed by atoms with van der Waals surface area (Å²) in [5.74, 6) is 0.620. The first kappa shape index (κ1) is 42.8. The lowest BCUT2D eigenvalue weighted by Crippen LogP contribution is -2.41. The second kappa shape index (κ2) is 15.8. The summed E-state index contributed by atoms with van der Waals surface area (Å²) in [5, 5.41) is 4.10. The Labute approximate surface area is 306 Å². The molecule has 1 aromatic rings. The lowest BCUT2D eigenvalue weighted by molar-refractivity contribution is 0.00578. The van der Waals surface area contributed by atoms with Gasteiger partial charge in [0.15, 0.2) is 0 Å². The zero-order valence-corrected chi connectivity index (χ0v) is 34.9. The van der Waals surface area contributed by atoms with Crippen molar-refractivity contribution < 1.29 is 27.0 Å². The van der Waals surface area contributed by atoms with Gasteiger partial charge in [-0.1, -0.05) is 65.3 Å². The third-order valence-corrected chi connectivity index (χ3v) is 12.6. The molecule has 0 spiro atoms. The van der Waals surface area contributed by atoms with Crippen LogP contribution in [0.5, 0.6) is 0 Å². The lowest BCUT2D eigenvalue weighted by Gasteiger charge is -2.32. The number of hydrazone groups is 1. The van der Waals surface area contributed by atoms with Gasteiger partial charge in [0.2, 0.25) is 0 Å². The van der Waals surface area contributed by atoms with Gasteiger partial charge in [-0.15, -0.1) is 0 Å². The average molecular weight is 715 g/mol. The van der Waals surface area contributed by atoms with Gasteiger partial charge in [-0.3, -0.25) is 0 Å². The molecule has 282 valence electrons. The average Bonchev–Trinajstić information content (AvgIpc) is 3.31. The molecule has 1 saturated carbocycles. The number of hydrogen-bond acceptors (Lipinski definition) is 7. The van der Waals surface area contributed by atoms with Crippen molar-refractivity contribution >= 4 is 30.0 Å². The van der Waals surface area contributed by atoms with Gasteiger partial charge in [-0.25, -0.2) is 4.83 Å². The van der Waals surface area contributed by atoms with E-state index in [1.807, 2.05) is 6.92 Å². The standard InChI is InChI=1S/C15H22N2O2S.C14H25BO2.C10H21BO2/c1-12-4-6-14(7-5-12)20(18,19)17-16-13-8-10-15(2,3)11-9-13;1-12(2)9-7-11(8-10-12)15-16-13(3,4)14(5,6)17-15;1-8(2)7-11-12-9(3,4)10(5,6)13-11/h4-7,17H,8-11H2,1-3H3;7H,8-10H2,1-6H3;8H,7H2,1-6H3. The highest BCUT2D eigenvalue weighted by Crippen LogP contribution is 2.43. The minimum atomic E-state index is -3.54. The molecule has 2 saturated heterocycles. The Hall–Kier alpha value is -1.65. The minimum Gasteiger partial charge on any atom is -0.403 e. The van der Waals surface area contributed by atoms with Crippen LogP contribution in [0.4, 0.5) is 0 Å². The summed E-state index contributed by atoms with van der Waals surface area (Å²) in [5.41, 5.74) is 3.31. The van der Waals surface area contributed by atoms with Gasteiger partial charge >= 0.3 is 14.2 Å². The number of nitrogens with one attached hydrogen (secondary N) is 1. The zero-order valence-electron chi connectivity index (χ0n) is 34.1. The van der Waals surface area contributed by atoms with E-state index in [0.29, 0.717) is 16.7 Å². The molecule has 3 fully saturated rings. The van der Waals surface area contributed by atoms with E-state index in [-0.39, 0.29) is 41.5 Å². The van der Waals surface area contributed by atoms with E-state index in [1.54, 1.807) is 24.3 Å². The van der Waals surface area contributed by atoms with Gasteiger partial charge in [0.05, 0.1) is 27.3 Å². The fourth-order valence-electron chi connectivity index (χ4n) is 5.97. The molecule has 0 aromatic heterocycles. The van der Waals surface area contributed by atoms with Gasteiger partial charge in [0.25, 0.3) is 10.0 Å². The van der Waals surface area contributed by atoms with Crippen LogP contribution in [0.3, 0.4) is 0 Å². The molecule has 4 aliphatic rings. The molecule has 2 aliphatic heterocycles. The van der Waals surface area contributed by atoms with Gasteiger partial charge < -0.3 is 18.6 Å². The van der Waals surface area contributed by atoms with Gasteiger partial charge in [-0.05, 0) is 148 Å². The summed E-state index contributed by atoms with van der Waals surface area (Å²) in [7, 11) is -3.69. The van der Waals surface area contributed by atoms with E-state index in [9.17, 15) is 8.42 Å². The van der Waals surface area contributed by atoms with Crippen molar-refractivity contribution in [3.05, 3.63) is 41.4 Å². The first-order valence-corrected chi connectivity index (χ1v) is 20.2. The second-order valence-electron chi connectivity index (χ2n) is 18.8. The second-order valence-corrected chi connectivity index (χ2v) is 20.5. The number of hydrogen-bond donors (Lipinski definition) is 1. The number of benzene rings is 1. The van der Waals surface area contributed by atoms with Crippen LogP contribution in [-0.2, 0) is 28.6 Å². The Balaban J connectivity index is 0.000000208. The smallest absolute Gasteiger partial charge is 0.403 e. The predicted octanol–water partition coefficient (Wildman–Crippen LogP) is 9.72. The molecular weight excluding hydrogens is 646 g/mol. The van der Waals surface area contributed by atoms with Crippen LogP contribution in [0, 0.1) is 23.7 Å². The van der Waals surface area contributed by atoms with E-state index in [4.69, 9.17) is 18.6 Å². The van der Waals surface area contributed by atoms with Crippen molar-refractivity contribution in [1.29, 1.82) is 0 Å². The van der Waals surface area contributed by atoms with Gasteiger partial charge in [0.1, 0.15) is 0 Å². The maximum Gasteiger partial charge on any atom is 0.490 e. The molecule has 5 rings (SSSR count). The molecule has 2 aliphatic carbocycles. The largest absolute Gasteiger partial charge is 0.490 e. The fraction of sp³-hybridized carbons (Fsp3) is 0.769. The summed E-state index contributed by atoms with van der Waals surface area (Å²) < 4.78 is 48.1. The summed E-state index contributed by atoms with van der Waals surface area (Å²) in [4.78, 5) is 2.61. The molecule has 0 radical (unpaired) electrons. The van der Waals surface area contributed by atoms with Crippen LogP contribution in [0.25, 0.3) is 0 Å². The number of nitrogens with zero attached hydrogens (tertiary/aromatic N) is 1. The third-order valence-electron chi connectivity index (χ3n) is 11.4. The highest BCUT2D eigenvalue weighted by atomic mass is 32.2. The van der Waals surface area contributed by atoms with Gasteiger partial charge in [-0.2, -0.15) is 13.5 Å². The highest BCUT2D eigenvalue weighted by molar-refractivity contribution is 7.89. The summed E-state index contributed by atoms with van der Waals surface area (Å²) >= 11 is 0. The maximum absolute atomic E-state index is 12.1. The Morgan fingerprint density at radius 2 is 1.18 bits per heavy atom. The van der Waals surface area contributed by atoms with Crippen LogP contribution >= 0.6 is 0 Å². The van der Waals surface area contributed by atoms with Crippen LogP contribution in [0.15, 0.2) is 45.8 Å². The minimum absolute atomic E-state index is 0.0231. The molecule has 0 unspecified atom stereocenters. The van der Waals surface area contributed by atoms with Crippen molar-refractivity contribution in [2.24, 2.45) is 21.8 Å². The van der Waals surface area contributed by atoms with E-state index >= 15 is 0 Å². The van der Waals surface area contributed by atoms with Crippen LogP contribution in [0.1, 0.15) is 147 Å². The quantitative estimate of drug-likeness (QED) is 0.233. The number of rotatable bonds is 6. The van der Waals surface area contributed by atoms with Crippen LogP contribution < -0.4 is 4.83 Å². The first-order chi connectivity index (χ1) is 22.7. The van der Waals surface area contributed by atoms with Crippen LogP contribution in [0.2, 0.25) is 6.32 Å². The number of sulfonamides is 1. The molecule has 50 heavy (non-hydrogen) atoms. The van der Waals surface area contributed by atoms with Crippen molar-refractivity contribution in [2.75, 3.05) is 0 Å². The van der Waals surface area contributed by atoms with E-state index in [2.05, 4.69) is 113 Å². The molecule has 8 nitrogen and oxygen atoms in total. The molecule has 11 heteroatoms. The van der Waals surface area contributed by atoms with Crippen molar-refractivity contribution in [1.82, 2.24) is 4.83 Å². The topological polar surface area (TPSA) is 95.5 Å². The Morgan fingerprint density at radius 3 is 1.62 bits per heavy atom. The molecule has 2 heterocycles. The Bertz CT molecular complexity index is 1420. The molecule has 1 N–H and O–H groups in total. The van der Waals surface area contributed by atoms with E-state index in [0.717, 1.165) is 56.1 Å². The lowest BCUT2D eigenvalue weighted by atomic mass is 9.67.